The quantitative estimate of drug-likeness (QED) is 0.0905. The number of rotatable bonds is 15. The summed E-state index contributed by atoms with van der Waals surface area (Å²) in [6.07, 6.45) is -14.3. The molecule has 0 bridgehead atoms. The van der Waals surface area contributed by atoms with Crippen LogP contribution in [0, 0.1) is 0 Å². The fourth-order valence-corrected chi connectivity index (χ4v) is 7.53. The molecular weight excluding hydrogens is 668 g/mol. The summed E-state index contributed by atoms with van der Waals surface area (Å²) in [6.45, 7) is 15.0. The first-order valence-electron chi connectivity index (χ1n) is 12.9. The van der Waals surface area contributed by atoms with Crippen LogP contribution in [0.1, 0.15) is 79.1 Å². The molecule has 260 valence electrons. The van der Waals surface area contributed by atoms with Gasteiger partial charge in [0, 0.05) is 0 Å². The first-order valence-corrected chi connectivity index (χ1v) is 16.2. The Kier molecular flexibility index (Phi) is 14.0. The zero-order valence-electron chi connectivity index (χ0n) is 23.2. The van der Waals surface area contributed by atoms with E-state index >= 15 is 0 Å². The molecule has 0 aromatic rings. The summed E-state index contributed by atoms with van der Waals surface area (Å²) in [5, 5.41) is 0. The minimum atomic E-state index is -14.0. The number of hydrogen-bond donors (Lipinski definition) is 0. The van der Waals surface area contributed by atoms with Gasteiger partial charge in [0.05, 0.1) is 26.2 Å². The Morgan fingerprint density at radius 1 is 0.429 bits per heavy atom. The second kappa shape index (κ2) is 13.5. The Labute approximate surface area is 237 Å². The van der Waals surface area contributed by atoms with E-state index in [1.807, 2.05) is 0 Å². The van der Waals surface area contributed by atoms with Crippen molar-refractivity contribution < 1.29 is 78.7 Å². The van der Waals surface area contributed by atoms with Gasteiger partial charge in [-0.25, -0.2) is 0 Å². The van der Waals surface area contributed by atoms with E-state index in [-0.39, 0.29) is 0 Å². The molecule has 0 aliphatic carbocycles. The summed E-state index contributed by atoms with van der Waals surface area (Å²) in [4.78, 5) is 0. The van der Waals surface area contributed by atoms with Gasteiger partial charge in [-0.2, -0.15) is 0 Å². The van der Waals surface area contributed by atoms with Crippen molar-refractivity contribution in [3.63, 3.8) is 0 Å². The third kappa shape index (κ3) is 6.99. The van der Waals surface area contributed by atoms with Crippen molar-refractivity contribution in [3.8, 4) is 0 Å². The van der Waals surface area contributed by atoms with Crippen molar-refractivity contribution in [2.75, 3.05) is 26.2 Å². The zero-order valence-corrected chi connectivity index (χ0v) is 24.8. The van der Waals surface area contributed by atoms with Crippen LogP contribution in [0.5, 0.6) is 0 Å². The molecule has 0 aliphatic rings. The number of nitrogens with zero attached hydrogens (tertiary/aromatic N) is 1. The van der Waals surface area contributed by atoms with Crippen LogP contribution in [0.15, 0.2) is 0 Å². The molecule has 0 saturated heterocycles. The summed E-state index contributed by atoms with van der Waals surface area (Å²) >= 11 is 2.77. The van der Waals surface area contributed by atoms with E-state index in [0.29, 0.717) is 0 Å². The van der Waals surface area contributed by atoms with Crippen LogP contribution in [0.4, 0.5) is 74.3 Å². The Hall–Kier alpha value is -0.510. The predicted molar refractivity (Wildman–Crippen MR) is 127 cm³/mol. The van der Waals surface area contributed by atoms with Crippen LogP contribution in [0.25, 0.3) is 0 Å². The summed E-state index contributed by atoms with van der Waals surface area (Å²) in [6, 6.07) is 0. The molecule has 0 radical (unpaired) electrons. The number of hydrogen-bond acceptors (Lipinski definition) is 0. The molecule has 1 nitrogen and oxygen atoms in total. The summed E-state index contributed by atoms with van der Waals surface area (Å²) in [5.41, 5.74) is -28.0. The molecule has 0 aliphatic heterocycles. The van der Waals surface area contributed by atoms with Gasteiger partial charge in [-0.15, -0.1) is 0 Å². The Morgan fingerprint density at radius 3 is 0.714 bits per heavy atom. The van der Waals surface area contributed by atoms with Gasteiger partial charge < -0.3 is 4.48 Å². The molecule has 0 spiro atoms. The van der Waals surface area contributed by atoms with E-state index in [1.54, 1.807) is 0 Å². The zero-order chi connectivity index (χ0) is 34.4. The van der Waals surface area contributed by atoms with Gasteiger partial charge >= 0.3 is 127 Å². The molecule has 0 heterocycles. The first-order chi connectivity index (χ1) is 18.3. The molecule has 20 heteroatoms. The van der Waals surface area contributed by atoms with Gasteiger partial charge in [0.25, 0.3) is 0 Å². The molecule has 42 heavy (non-hydrogen) atoms. The Morgan fingerprint density at radius 2 is 0.595 bits per heavy atom. The average molecular weight is 704 g/mol. The summed E-state index contributed by atoms with van der Waals surface area (Å²) < 4.78 is 214. The van der Waals surface area contributed by atoms with E-state index < -0.39 is 41.4 Å². The van der Waals surface area contributed by atoms with Crippen LogP contribution in [0.3, 0.4) is 0 Å². The van der Waals surface area contributed by atoms with Crippen molar-refractivity contribution in [1.82, 2.24) is 0 Å². The molecule has 0 rings (SSSR count). The van der Waals surface area contributed by atoms with Gasteiger partial charge in [0.15, 0.2) is 0 Å². The van der Waals surface area contributed by atoms with Crippen molar-refractivity contribution in [3.05, 3.63) is 0 Å². The third-order valence-corrected chi connectivity index (χ3v) is 13.0. The first kappa shape index (κ1) is 43.6. The predicted octanol–water partition coefficient (Wildman–Crippen LogP) is 12.5. The topological polar surface area (TPSA) is 0 Å². The molecule has 0 aromatic heterocycles. The van der Waals surface area contributed by atoms with Gasteiger partial charge in [0.1, 0.15) is 0 Å². The van der Waals surface area contributed by atoms with Crippen molar-refractivity contribution in [2.24, 2.45) is 0 Å². The monoisotopic (exact) mass is 703 g/mol. The molecule has 0 aromatic carbocycles. The summed E-state index contributed by atoms with van der Waals surface area (Å²) in [5.74, 6) is -14.0. The summed E-state index contributed by atoms with van der Waals surface area (Å²) in [7, 11) is 0. The second-order valence-corrected chi connectivity index (χ2v) is 16.6. The maximum atomic E-state index is 13.8. The number of alkyl halides is 15. The SMILES string of the molecule is CCCC[N+](CCCC)(CCCC)CCCC.FC(F)(F)C(F)(F)[P-](F)(F)(Cl)(C(F)(F)C(F)(F)F)C(F)(F)C(F)(F)F. The molecule has 0 amide bonds. The molecule has 0 unspecified atom stereocenters. The van der Waals surface area contributed by atoms with E-state index in [9.17, 15) is 74.3 Å². The van der Waals surface area contributed by atoms with Gasteiger partial charge in [-0.3, -0.25) is 0 Å². The number of quaternary nitrogens is 1. The molecule has 0 atom stereocenters. The molecular formula is C22H36ClF17NP. The second-order valence-electron chi connectivity index (χ2n) is 10.1. The fourth-order valence-electron chi connectivity index (χ4n) is 3.99. The van der Waals surface area contributed by atoms with E-state index in [2.05, 4.69) is 38.9 Å². The third-order valence-electron chi connectivity index (χ3n) is 6.77. The van der Waals surface area contributed by atoms with Crippen LogP contribution >= 0.6 is 17.2 Å². The van der Waals surface area contributed by atoms with Crippen LogP contribution in [-0.2, 0) is 0 Å². The Balaban J connectivity index is 0. The van der Waals surface area contributed by atoms with Crippen molar-refractivity contribution >= 4 is 17.2 Å². The van der Waals surface area contributed by atoms with Gasteiger partial charge in [-0.1, -0.05) is 53.4 Å². The Bertz CT molecular complexity index is 727. The van der Waals surface area contributed by atoms with Crippen molar-refractivity contribution in [2.45, 2.75) is 115 Å². The standard InChI is InChI=1S/C16H36N.C6ClF17P/c1-5-9-13-17(14-10-6-2,15-11-7-3)16-12-8-4;7-25(23,24,4(17,18)1(8,9)10,5(19,20)2(11,12)13)6(21,22)3(14,15)16/h5-16H2,1-4H3;/q+1;-1. The fraction of sp³-hybridized carbons (Fsp3) is 1.00. The van der Waals surface area contributed by atoms with Crippen LogP contribution in [0.2, 0.25) is 0 Å². The number of halogens is 18. The average Bonchev–Trinajstić information content (AvgIpc) is 2.81. The maximum absolute atomic E-state index is 14.0. The minimum absolute atomic E-state index is 1.35. The van der Waals surface area contributed by atoms with E-state index in [4.69, 9.17) is 0 Å². The molecule has 0 fully saturated rings. The normalized spacial score (nSPS) is 16.4. The molecule has 0 saturated carbocycles. The van der Waals surface area contributed by atoms with Gasteiger partial charge in [-0.05, 0) is 25.7 Å². The van der Waals surface area contributed by atoms with Crippen LogP contribution in [-0.4, -0.2) is 66.2 Å². The van der Waals surface area contributed by atoms with E-state index in [1.165, 1.54) is 82.0 Å². The van der Waals surface area contributed by atoms with Crippen molar-refractivity contribution in [1.29, 1.82) is 0 Å². The van der Waals surface area contributed by atoms with Crippen LogP contribution < -0.4 is 0 Å². The number of unbranched alkanes of at least 4 members (excludes halogenated alkanes) is 4. The molecule has 0 N–H and O–H groups in total. The van der Waals surface area contributed by atoms with Gasteiger partial charge in [0.2, 0.25) is 0 Å². The van der Waals surface area contributed by atoms with E-state index in [0.717, 1.165) is 0 Å².